The fourth-order valence-electron chi connectivity index (χ4n) is 2.90. The van der Waals surface area contributed by atoms with Crippen LogP contribution in [0.25, 0.3) is 0 Å². The molecule has 144 valence electrons. The molecule has 27 heavy (non-hydrogen) atoms. The summed E-state index contributed by atoms with van der Waals surface area (Å²) in [5.41, 5.74) is 0.679. The van der Waals surface area contributed by atoms with Crippen LogP contribution in [0.2, 0.25) is 0 Å². The van der Waals surface area contributed by atoms with Crippen LogP contribution in [0.5, 0.6) is 0 Å². The van der Waals surface area contributed by atoms with Crippen LogP contribution >= 0.6 is 23.3 Å². The Morgan fingerprint density at radius 2 is 2.00 bits per heavy atom. The Morgan fingerprint density at radius 1 is 1.30 bits per heavy atom. The number of rotatable bonds is 6. The van der Waals surface area contributed by atoms with Crippen LogP contribution in [0.3, 0.4) is 0 Å². The highest BCUT2D eigenvalue weighted by atomic mass is 32.2. The van der Waals surface area contributed by atoms with Crippen LogP contribution < -0.4 is 5.32 Å². The highest BCUT2D eigenvalue weighted by Crippen LogP contribution is 2.21. The predicted molar refractivity (Wildman–Crippen MR) is 103 cm³/mol. The molecule has 0 spiro atoms. The van der Waals surface area contributed by atoms with Crippen molar-refractivity contribution in [1.82, 2.24) is 19.8 Å². The topological polar surface area (TPSA) is 75.2 Å². The first-order chi connectivity index (χ1) is 13.0. The number of carbonyl (C=O) groups excluding carboxylic acids is 2. The largest absolute Gasteiger partial charge is 0.355 e. The zero-order chi connectivity index (χ0) is 19.2. The maximum Gasteiger partial charge on any atom is 0.267 e. The molecule has 1 aliphatic rings. The van der Waals surface area contributed by atoms with Crippen LogP contribution in [0.1, 0.15) is 28.2 Å². The number of benzene rings is 1. The van der Waals surface area contributed by atoms with E-state index in [2.05, 4.69) is 14.9 Å². The van der Waals surface area contributed by atoms with Gasteiger partial charge in [-0.15, -0.1) is 16.9 Å². The van der Waals surface area contributed by atoms with E-state index in [0.29, 0.717) is 41.9 Å². The quantitative estimate of drug-likeness (QED) is 0.744. The first kappa shape index (κ1) is 19.8. The minimum Gasteiger partial charge on any atom is -0.355 e. The molecular weight excluding hydrogens is 387 g/mol. The third-order valence-corrected chi connectivity index (χ3v) is 6.35. The molecule has 1 aromatic heterocycles. The van der Waals surface area contributed by atoms with Crippen molar-refractivity contribution in [2.75, 3.05) is 25.4 Å². The predicted octanol–water partition coefficient (Wildman–Crippen LogP) is 2.75. The summed E-state index contributed by atoms with van der Waals surface area (Å²) < 4.78 is 16.7. The molecule has 1 aliphatic heterocycles. The number of aryl methyl sites for hydroxylation is 1. The van der Waals surface area contributed by atoms with Gasteiger partial charge in [0.1, 0.15) is 10.7 Å². The Labute approximate surface area is 165 Å². The molecule has 9 heteroatoms. The molecule has 1 N–H and O–H groups in total. The van der Waals surface area contributed by atoms with E-state index in [1.165, 1.54) is 23.9 Å². The minimum atomic E-state index is -0.282. The highest BCUT2D eigenvalue weighted by Gasteiger charge is 2.26. The number of hydrogen-bond acceptors (Lipinski definition) is 6. The third kappa shape index (κ3) is 5.49. The molecule has 6 nitrogen and oxygen atoms in total. The summed E-state index contributed by atoms with van der Waals surface area (Å²) in [6.45, 7) is 3.77. The van der Waals surface area contributed by atoms with Crippen LogP contribution in [0, 0.1) is 18.7 Å². The molecule has 0 unspecified atom stereocenters. The molecule has 0 bridgehead atoms. The van der Waals surface area contributed by atoms with E-state index in [0.717, 1.165) is 29.3 Å². The van der Waals surface area contributed by atoms with Crippen LogP contribution in [0.4, 0.5) is 4.39 Å². The van der Waals surface area contributed by atoms with Gasteiger partial charge in [0, 0.05) is 24.5 Å². The van der Waals surface area contributed by atoms with Gasteiger partial charge >= 0.3 is 0 Å². The lowest BCUT2D eigenvalue weighted by atomic mass is 9.96. The summed E-state index contributed by atoms with van der Waals surface area (Å²) in [5, 5.41) is 6.85. The number of aromatic nitrogens is 2. The van der Waals surface area contributed by atoms with Crippen molar-refractivity contribution >= 4 is 35.1 Å². The van der Waals surface area contributed by atoms with Crippen molar-refractivity contribution in [2.24, 2.45) is 5.92 Å². The Bertz CT molecular complexity index is 789. The lowest BCUT2D eigenvalue weighted by molar-refractivity contribution is -0.118. The van der Waals surface area contributed by atoms with Crippen molar-refractivity contribution in [1.29, 1.82) is 0 Å². The van der Waals surface area contributed by atoms with Gasteiger partial charge in [-0.25, -0.2) is 4.39 Å². The number of thioether (sulfide) groups is 1. The highest BCUT2D eigenvalue weighted by molar-refractivity contribution is 8.00. The van der Waals surface area contributed by atoms with Crippen molar-refractivity contribution in [3.63, 3.8) is 0 Å². The Balaban J connectivity index is 1.36. The molecule has 2 heterocycles. The summed E-state index contributed by atoms with van der Waals surface area (Å²) >= 11 is 2.52. The molecule has 0 atom stereocenters. The summed E-state index contributed by atoms with van der Waals surface area (Å²) in [5.74, 6) is 0.362. The van der Waals surface area contributed by atoms with Gasteiger partial charge in [-0.1, -0.05) is 4.49 Å². The standard InChI is InChI=1S/C18H21FN4O2S2/c1-12-17(27-22-21-12)18(25)23-8-6-13(7-9-23)10-20-16(24)11-26-15-4-2-14(19)3-5-15/h2-5,13H,6-11H2,1H3,(H,20,24). The second-order valence-corrected chi connectivity index (χ2v) is 8.27. The lowest BCUT2D eigenvalue weighted by Crippen LogP contribution is -2.41. The van der Waals surface area contributed by atoms with E-state index in [-0.39, 0.29) is 17.6 Å². The molecule has 3 rings (SSSR count). The molecule has 2 amide bonds. The summed E-state index contributed by atoms with van der Waals surface area (Å²) in [4.78, 5) is 27.8. The van der Waals surface area contributed by atoms with Gasteiger partial charge in [-0.2, -0.15) is 0 Å². The van der Waals surface area contributed by atoms with Crippen molar-refractivity contribution in [2.45, 2.75) is 24.7 Å². The number of hydrogen-bond donors (Lipinski definition) is 1. The van der Waals surface area contributed by atoms with Gasteiger partial charge in [0.05, 0.1) is 11.4 Å². The molecule has 0 saturated carbocycles. The molecule has 0 aliphatic carbocycles. The zero-order valence-electron chi connectivity index (χ0n) is 15.0. The molecule has 1 aromatic carbocycles. The Hall–Kier alpha value is -2.00. The lowest BCUT2D eigenvalue weighted by Gasteiger charge is -2.31. The number of likely N-dealkylation sites (tertiary alicyclic amines) is 1. The average Bonchev–Trinajstić information content (AvgIpc) is 3.11. The van der Waals surface area contributed by atoms with E-state index >= 15 is 0 Å². The normalized spacial score (nSPS) is 15.0. The Morgan fingerprint density at radius 3 is 2.63 bits per heavy atom. The van der Waals surface area contributed by atoms with Gasteiger partial charge < -0.3 is 10.2 Å². The zero-order valence-corrected chi connectivity index (χ0v) is 16.6. The van der Waals surface area contributed by atoms with Gasteiger partial charge in [-0.05, 0) is 61.5 Å². The summed E-state index contributed by atoms with van der Waals surface area (Å²) in [7, 11) is 0. The molecule has 1 fully saturated rings. The van der Waals surface area contributed by atoms with Gasteiger partial charge in [0.15, 0.2) is 0 Å². The Kier molecular flexibility index (Phi) is 6.78. The molecular formula is C18H21FN4O2S2. The first-order valence-electron chi connectivity index (χ1n) is 8.76. The number of nitrogens with one attached hydrogen (secondary N) is 1. The van der Waals surface area contributed by atoms with E-state index in [1.54, 1.807) is 19.1 Å². The van der Waals surface area contributed by atoms with Gasteiger partial charge in [0.2, 0.25) is 5.91 Å². The third-order valence-electron chi connectivity index (χ3n) is 4.52. The fourth-order valence-corrected chi connectivity index (χ4v) is 4.25. The number of piperidine rings is 1. The SMILES string of the molecule is Cc1nnsc1C(=O)N1CCC(CNC(=O)CSc2ccc(F)cc2)CC1. The molecule has 1 saturated heterocycles. The van der Waals surface area contributed by atoms with E-state index in [4.69, 9.17) is 0 Å². The van der Waals surface area contributed by atoms with E-state index < -0.39 is 0 Å². The van der Waals surface area contributed by atoms with Crippen LogP contribution in [0.15, 0.2) is 29.2 Å². The van der Waals surface area contributed by atoms with Crippen molar-refractivity contribution in [3.05, 3.63) is 40.7 Å². The van der Waals surface area contributed by atoms with Crippen LogP contribution in [-0.2, 0) is 4.79 Å². The maximum atomic E-state index is 12.9. The number of amides is 2. The van der Waals surface area contributed by atoms with Gasteiger partial charge in [0.25, 0.3) is 5.91 Å². The first-order valence-corrected chi connectivity index (χ1v) is 10.5. The van der Waals surface area contributed by atoms with Crippen molar-refractivity contribution in [3.8, 4) is 0 Å². The minimum absolute atomic E-state index is 0.000633. The van der Waals surface area contributed by atoms with E-state index in [1.807, 2.05) is 4.90 Å². The molecule has 2 aromatic rings. The fraction of sp³-hybridized carbons (Fsp3) is 0.444. The summed E-state index contributed by atoms with van der Waals surface area (Å²) in [6.07, 6.45) is 1.73. The second kappa shape index (κ2) is 9.27. The van der Waals surface area contributed by atoms with E-state index in [9.17, 15) is 14.0 Å². The number of carbonyl (C=O) groups is 2. The average molecular weight is 409 g/mol. The number of halogens is 1. The number of nitrogens with zero attached hydrogens (tertiary/aromatic N) is 3. The second-order valence-electron chi connectivity index (χ2n) is 6.47. The van der Waals surface area contributed by atoms with Crippen molar-refractivity contribution < 1.29 is 14.0 Å². The smallest absolute Gasteiger partial charge is 0.267 e. The van der Waals surface area contributed by atoms with Crippen LogP contribution in [-0.4, -0.2) is 51.7 Å². The molecule has 0 radical (unpaired) electrons. The monoisotopic (exact) mass is 408 g/mol. The summed E-state index contributed by atoms with van der Waals surface area (Å²) in [6, 6.07) is 6.11. The maximum absolute atomic E-state index is 12.9. The van der Waals surface area contributed by atoms with Gasteiger partial charge in [-0.3, -0.25) is 9.59 Å².